The Hall–Kier alpha value is -1.01. The third-order valence-corrected chi connectivity index (χ3v) is 3.56. The van der Waals surface area contributed by atoms with Crippen LogP contribution in [0.2, 0.25) is 5.02 Å². The molecule has 2 heterocycles. The van der Waals surface area contributed by atoms with Crippen molar-refractivity contribution in [2.24, 2.45) is 0 Å². The third kappa shape index (κ3) is 2.95. The summed E-state index contributed by atoms with van der Waals surface area (Å²) in [7, 11) is 0. The zero-order valence-electron chi connectivity index (χ0n) is 10.3. The molecule has 1 saturated heterocycles. The van der Waals surface area contributed by atoms with Crippen LogP contribution in [-0.4, -0.2) is 28.8 Å². The smallest absolute Gasteiger partial charge is 0.391 e. The van der Waals surface area contributed by atoms with Gasteiger partial charge in [0.25, 0.3) is 0 Å². The first-order valence-corrected chi connectivity index (χ1v) is 6.38. The van der Waals surface area contributed by atoms with Gasteiger partial charge in [0.1, 0.15) is 5.82 Å². The minimum Gasteiger partial charge on any atom is -0.391 e. The topological polar surface area (TPSA) is 36.4 Å². The van der Waals surface area contributed by atoms with E-state index in [9.17, 15) is 18.3 Å². The Bertz CT molecular complexity index is 467. The zero-order valence-corrected chi connectivity index (χ0v) is 11.0. The van der Waals surface area contributed by atoms with Gasteiger partial charge < -0.3 is 10.0 Å². The SMILES string of the molecule is CCC1C[C@H](O)CN1c1ncc(C(F)(F)F)cc1Cl. The van der Waals surface area contributed by atoms with Crippen molar-refractivity contribution < 1.29 is 18.3 Å². The number of hydrogen-bond acceptors (Lipinski definition) is 3. The molecule has 0 saturated carbocycles. The Kier molecular flexibility index (Phi) is 3.92. The van der Waals surface area contributed by atoms with Crippen LogP contribution >= 0.6 is 11.6 Å². The van der Waals surface area contributed by atoms with Gasteiger partial charge in [0.15, 0.2) is 0 Å². The first kappa shape index (κ1) is 14.4. The lowest BCUT2D eigenvalue weighted by Crippen LogP contribution is -2.30. The molecule has 3 nitrogen and oxygen atoms in total. The Labute approximate surface area is 114 Å². The maximum Gasteiger partial charge on any atom is 0.417 e. The van der Waals surface area contributed by atoms with E-state index in [4.69, 9.17) is 11.6 Å². The summed E-state index contributed by atoms with van der Waals surface area (Å²) in [6, 6.07) is 0.929. The molecule has 1 aromatic rings. The van der Waals surface area contributed by atoms with Gasteiger partial charge in [-0.1, -0.05) is 18.5 Å². The average molecular weight is 295 g/mol. The molecule has 19 heavy (non-hydrogen) atoms. The number of aliphatic hydroxyl groups is 1. The van der Waals surface area contributed by atoms with Gasteiger partial charge in [-0.15, -0.1) is 0 Å². The summed E-state index contributed by atoms with van der Waals surface area (Å²) in [6.45, 7) is 2.30. The number of hydrogen-bond donors (Lipinski definition) is 1. The molecule has 0 radical (unpaired) electrons. The summed E-state index contributed by atoms with van der Waals surface area (Å²) in [5.74, 6) is 0.304. The van der Waals surface area contributed by atoms with Crippen LogP contribution in [0.15, 0.2) is 12.3 Å². The van der Waals surface area contributed by atoms with Crippen LogP contribution in [0.1, 0.15) is 25.3 Å². The van der Waals surface area contributed by atoms with E-state index in [1.807, 2.05) is 6.92 Å². The van der Waals surface area contributed by atoms with Crippen LogP contribution in [0.3, 0.4) is 0 Å². The summed E-state index contributed by atoms with van der Waals surface area (Å²) in [5, 5.41) is 9.61. The highest BCUT2D eigenvalue weighted by molar-refractivity contribution is 6.33. The van der Waals surface area contributed by atoms with Gasteiger partial charge in [-0.05, 0) is 18.9 Å². The van der Waals surface area contributed by atoms with E-state index in [1.54, 1.807) is 4.90 Å². The Morgan fingerprint density at radius 2 is 2.21 bits per heavy atom. The van der Waals surface area contributed by atoms with E-state index in [-0.39, 0.29) is 11.1 Å². The van der Waals surface area contributed by atoms with Crippen molar-refractivity contribution in [3.63, 3.8) is 0 Å². The molecule has 1 unspecified atom stereocenters. The number of rotatable bonds is 2. The number of anilines is 1. The van der Waals surface area contributed by atoms with Gasteiger partial charge in [-0.3, -0.25) is 0 Å². The van der Waals surface area contributed by atoms with E-state index in [1.165, 1.54) is 0 Å². The Morgan fingerprint density at radius 1 is 1.53 bits per heavy atom. The molecule has 7 heteroatoms. The van der Waals surface area contributed by atoms with Gasteiger partial charge in [-0.25, -0.2) is 4.98 Å². The fraction of sp³-hybridized carbons (Fsp3) is 0.583. The fourth-order valence-electron chi connectivity index (χ4n) is 2.34. The molecule has 1 fully saturated rings. The maximum atomic E-state index is 12.5. The van der Waals surface area contributed by atoms with Crippen molar-refractivity contribution in [2.75, 3.05) is 11.4 Å². The molecule has 106 valence electrons. The third-order valence-electron chi connectivity index (χ3n) is 3.28. The normalized spacial score (nSPS) is 24.0. The van der Waals surface area contributed by atoms with Crippen molar-refractivity contribution in [1.29, 1.82) is 0 Å². The minimum atomic E-state index is -4.45. The number of alkyl halides is 3. The van der Waals surface area contributed by atoms with Crippen LogP contribution in [0.4, 0.5) is 19.0 Å². The number of aliphatic hydroxyl groups excluding tert-OH is 1. The summed E-state index contributed by atoms with van der Waals surface area (Å²) in [6.07, 6.45) is -2.82. The number of aromatic nitrogens is 1. The fourth-order valence-corrected chi connectivity index (χ4v) is 2.61. The lowest BCUT2D eigenvalue weighted by molar-refractivity contribution is -0.137. The first-order chi connectivity index (χ1) is 8.82. The van der Waals surface area contributed by atoms with E-state index >= 15 is 0 Å². The van der Waals surface area contributed by atoms with Crippen LogP contribution in [-0.2, 0) is 6.18 Å². The zero-order chi connectivity index (χ0) is 14.2. The molecular formula is C12H14ClF3N2O. The van der Waals surface area contributed by atoms with Gasteiger partial charge in [-0.2, -0.15) is 13.2 Å². The second-order valence-corrected chi connectivity index (χ2v) is 5.04. The van der Waals surface area contributed by atoms with E-state index in [0.29, 0.717) is 18.8 Å². The quantitative estimate of drug-likeness (QED) is 0.910. The Morgan fingerprint density at radius 3 is 2.74 bits per heavy atom. The molecule has 1 N–H and O–H groups in total. The summed E-state index contributed by atoms with van der Waals surface area (Å²) < 4.78 is 37.6. The van der Waals surface area contributed by atoms with Crippen molar-refractivity contribution >= 4 is 17.4 Å². The van der Waals surface area contributed by atoms with E-state index < -0.39 is 17.8 Å². The summed E-state index contributed by atoms with van der Waals surface area (Å²) in [4.78, 5) is 5.59. The van der Waals surface area contributed by atoms with E-state index in [0.717, 1.165) is 18.7 Å². The average Bonchev–Trinajstić information content (AvgIpc) is 2.69. The lowest BCUT2D eigenvalue weighted by Gasteiger charge is -2.25. The molecule has 0 bridgehead atoms. The number of halogens is 4. The molecule has 2 rings (SSSR count). The monoisotopic (exact) mass is 294 g/mol. The van der Waals surface area contributed by atoms with Crippen molar-refractivity contribution in [3.05, 3.63) is 22.8 Å². The predicted octanol–water partition coefficient (Wildman–Crippen LogP) is 3.10. The second kappa shape index (κ2) is 5.17. The van der Waals surface area contributed by atoms with Gasteiger partial charge in [0, 0.05) is 18.8 Å². The predicted molar refractivity (Wildman–Crippen MR) is 66.3 cm³/mol. The van der Waals surface area contributed by atoms with Gasteiger partial charge >= 0.3 is 6.18 Å². The Balaban J connectivity index is 2.31. The lowest BCUT2D eigenvalue weighted by atomic mass is 10.1. The number of β-amino-alcohol motifs (C(OH)–C–C–N with tert-alkyl or cyclic N) is 1. The molecule has 0 amide bonds. The second-order valence-electron chi connectivity index (χ2n) is 4.63. The number of nitrogens with zero attached hydrogens (tertiary/aromatic N) is 2. The number of pyridine rings is 1. The summed E-state index contributed by atoms with van der Waals surface area (Å²) >= 11 is 5.90. The molecule has 0 spiro atoms. The molecule has 2 atom stereocenters. The highest BCUT2D eigenvalue weighted by atomic mass is 35.5. The molecule has 1 aliphatic rings. The molecule has 1 aromatic heterocycles. The van der Waals surface area contributed by atoms with Crippen LogP contribution in [0, 0.1) is 0 Å². The first-order valence-electron chi connectivity index (χ1n) is 6.00. The van der Waals surface area contributed by atoms with Crippen LogP contribution < -0.4 is 4.90 Å². The van der Waals surface area contributed by atoms with E-state index in [2.05, 4.69) is 4.98 Å². The highest BCUT2D eigenvalue weighted by Gasteiger charge is 2.35. The van der Waals surface area contributed by atoms with Crippen LogP contribution in [0.5, 0.6) is 0 Å². The molecule has 0 aliphatic carbocycles. The van der Waals surface area contributed by atoms with Gasteiger partial charge in [0.05, 0.1) is 16.7 Å². The molecule has 1 aliphatic heterocycles. The molecule has 0 aromatic carbocycles. The van der Waals surface area contributed by atoms with Gasteiger partial charge in [0.2, 0.25) is 0 Å². The largest absolute Gasteiger partial charge is 0.417 e. The standard InChI is InChI=1S/C12H14ClF3N2O/c1-2-8-4-9(19)6-18(8)11-10(13)3-7(5-17-11)12(14,15)16/h3,5,8-9,19H,2,4,6H2,1H3/t8?,9-/m0/s1. The minimum absolute atomic E-state index is 0.0395. The molecular weight excluding hydrogens is 281 g/mol. The highest BCUT2D eigenvalue weighted by Crippen LogP contribution is 2.36. The summed E-state index contributed by atoms with van der Waals surface area (Å²) in [5.41, 5.74) is -0.867. The van der Waals surface area contributed by atoms with Crippen molar-refractivity contribution in [3.8, 4) is 0 Å². The maximum absolute atomic E-state index is 12.5. The van der Waals surface area contributed by atoms with Crippen molar-refractivity contribution in [1.82, 2.24) is 4.98 Å². The van der Waals surface area contributed by atoms with Crippen LogP contribution in [0.25, 0.3) is 0 Å². The van der Waals surface area contributed by atoms with Crippen molar-refractivity contribution in [2.45, 2.75) is 38.1 Å².